The molecule has 0 spiro atoms. The lowest BCUT2D eigenvalue weighted by atomic mass is 10.1. The van der Waals surface area contributed by atoms with Crippen molar-refractivity contribution in [3.63, 3.8) is 0 Å². The summed E-state index contributed by atoms with van der Waals surface area (Å²) in [5.41, 5.74) is 0. The third kappa shape index (κ3) is 3.95. The standard InChI is InChI=1S/C10H16N2O/c1-2-3-4-7-11-9-5-6-10(13)12-8-9/h1,9,11H,3-8H2,(H,12,13). The van der Waals surface area contributed by atoms with Gasteiger partial charge in [0.15, 0.2) is 0 Å². The first-order valence-electron chi connectivity index (χ1n) is 4.76. The molecule has 0 aliphatic carbocycles. The fraction of sp³-hybridized carbons (Fsp3) is 0.700. The number of amides is 1. The Balaban J connectivity index is 2.03. The quantitative estimate of drug-likeness (QED) is 0.481. The molecule has 0 aromatic heterocycles. The van der Waals surface area contributed by atoms with Gasteiger partial charge in [0.25, 0.3) is 0 Å². The summed E-state index contributed by atoms with van der Waals surface area (Å²) >= 11 is 0. The number of terminal acetylenes is 1. The van der Waals surface area contributed by atoms with Gasteiger partial charge in [-0.3, -0.25) is 4.79 Å². The van der Waals surface area contributed by atoms with Gasteiger partial charge in [-0.1, -0.05) is 0 Å². The van der Waals surface area contributed by atoms with E-state index in [4.69, 9.17) is 6.42 Å². The molecule has 0 radical (unpaired) electrons. The predicted octanol–water partition coefficient (Wildman–Crippen LogP) is 0.268. The average Bonchev–Trinajstić information content (AvgIpc) is 2.15. The lowest BCUT2D eigenvalue weighted by Gasteiger charge is -2.23. The summed E-state index contributed by atoms with van der Waals surface area (Å²) < 4.78 is 0. The van der Waals surface area contributed by atoms with E-state index in [9.17, 15) is 4.79 Å². The smallest absolute Gasteiger partial charge is 0.220 e. The normalized spacial score (nSPS) is 22.1. The van der Waals surface area contributed by atoms with E-state index in [1.54, 1.807) is 0 Å². The zero-order chi connectivity index (χ0) is 9.52. The third-order valence-electron chi connectivity index (χ3n) is 2.20. The molecule has 2 N–H and O–H groups in total. The van der Waals surface area contributed by atoms with Crippen LogP contribution in [0.2, 0.25) is 0 Å². The first-order valence-corrected chi connectivity index (χ1v) is 4.76. The van der Waals surface area contributed by atoms with Gasteiger partial charge in [0.1, 0.15) is 0 Å². The van der Waals surface area contributed by atoms with Crippen molar-refractivity contribution < 1.29 is 4.79 Å². The molecule has 0 bridgehead atoms. The van der Waals surface area contributed by atoms with Crippen molar-refractivity contribution in [2.75, 3.05) is 13.1 Å². The molecule has 1 atom stereocenters. The first kappa shape index (κ1) is 10.1. The van der Waals surface area contributed by atoms with Gasteiger partial charge in [-0.2, -0.15) is 0 Å². The number of unbranched alkanes of at least 4 members (excludes halogenated alkanes) is 1. The fourth-order valence-corrected chi connectivity index (χ4v) is 1.40. The Morgan fingerprint density at radius 3 is 3.15 bits per heavy atom. The van der Waals surface area contributed by atoms with Gasteiger partial charge in [0, 0.05) is 25.4 Å². The highest BCUT2D eigenvalue weighted by molar-refractivity contribution is 5.76. The molecule has 1 rings (SSSR count). The molecule has 3 nitrogen and oxygen atoms in total. The molecule has 1 unspecified atom stereocenters. The van der Waals surface area contributed by atoms with Crippen molar-refractivity contribution >= 4 is 5.91 Å². The molecule has 0 aromatic rings. The second-order valence-corrected chi connectivity index (χ2v) is 3.30. The zero-order valence-corrected chi connectivity index (χ0v) is 7.81. The van der Waals surface area contributed by atoms with Gasteiger partial charge in [0.05, 0.1) is 0 Å². The molecule has 72 valence electrons. The van der Waals surface area contributed by atoms with Crippen molar-refractivity contribution in [3.05, 3.63) is 0 Å². The maximum atomic E-state index is 10.8. The molecular formula is C10H16N2O. The molecule has 1 amide bonds. The SMILES string of the molecule is C#CCCCNC1CCC(=O)NC1. The van der Waals surface area contributed by atoms with Crippen LogP contribution in [-0.4, -0.2) is 25.0 Å². The van der Waals surface area contributed by atoms with Gasteiger partial charge in [0.2, 0.25) is 5.91 Å². The summed E-state index contributed by atoms with van der Waals surface area (Å²) in [4.78, 5) is 10.8. The summed E-state index contributed by atoms with van der Waals surface area (Å²) in [7, 11) is 0. The van der Waals surface area contributed by atoms with Crippen LogP contribution in [0.15, 0.2) is 0 Å². The van der Waals surface area contributed by atoms with Crippen LogP contribution in [-0.2, 0) is 4.79 Å². The molecule has 1 aliphatic rings. The molecule has 0 saturated carbocycles. The molecule has 0 aromatic carbocycles. The van der Waals surface area contributed by atoms with Crippen LogP contribution in [0.5, 0.6) is 0 Å². The minimum Gasteiger partial charge on any atom is -0.355 e. The van der Waals surface area contributed by atoms with Crippen molar-refractivity contribution in [2.24, 2.45) is 0 Å². The first-order chi connectivity index (χ1) is 6.33. The van der Waals surface area contributed by atoms with Crippen molar-refractivity contribution in [2.45, 2.75) is 31.7 Å². The van der Waals surface area contributed by atoms with Crippen LogP contribution in [0, 0.1) is 12.3 Å². The molecule has 3 heteroatoms. The Labute approximate surface area is 79.3 Å². The summed E-state index contributed by atoms with van der Waals surface area (Å²) in [5.74, 6) is 2.77. The van der Waals surface area contributed by atoms with Crippen molar-refractivity contribution in [1.82, 2.24) is 10.6 Å². The van der Waals surface area contributed by atoms with Crippen LogP contribution in [0.4, 0.5) is 0 Å². The van der Waals surface area contributed by atoms with Gasteiger partial charge in [-0.05, 0) is 19.4 Å². The largest absolute Gasteiger partial charge is 0.355 e. The summed E-state index contributed by atoms with van der Waals surface area (Å²) in [5, 5.41) is 6.20. The summed E-state index contributed by atoms with van der Waals surface area (Å²) in [6, 6.07) is 0.440. The van der Waals surface area contributed by atoms with Gasteiger partial charge in [-0.15, -0.1) is 12.3 Å². The van der Waals surface area contributed by atoms with Crippen LogP contribution in [0.25, 0.3) is 0 Å². The monoisotopic (exact) mass is 180 g/mol. The number of carbonyl (C=O) groups is 1. The Morgan fingerprint density at radius 1 is 1.69 bits per heavy atom. The fourth-order valence-electron chi connectivity index (χ4n) is 1.40. The number of piperidine rings is 1. The van der Waals surface area contributed by atoms with E-state index in [2.05, 4.69) is 16.6 Å². The van der Waals surface area contributed by atoms with E-state index in [0.717, 1.165) is 32.4 Å². The number of hydrogen-bond acceptors (Lipinski definition) is 2. The predicted molar refractivity (Wildman–Crippen MR) is 52.1 cm³/mol. The van der Waals surface area contributed by atoms with E-state index in [0.29, 0.717) is 12.5 Å². The molecule has 1 fully saturated rings. The maximum absolute atomic E-state index is 10.8. The Hall–Kier alpha value is -1.01. The number of nitrogens with one attached hydrogen (secondary N) is 2. The molecule has 1 heterocycles. The van der Waals surface area contributed by atoms with Crippen LogP contribution >= 0.6 is 0 Å². The minimum absolute atomic E-state index is 0.168. The second kappa shape index (κ2) is 5.60. The second-order valence-electron chi connectivity index (χ2n) is 3.30. The lowest BCUT2D eigenvalue weighted by molar-refractivity contribution is -0.122. The van der Waals surface area contributed by atoms with Crippen molar-refractivity contribution in [3.8, 4) is 12.3 Å². The summed E-state index contributed by atoms with van der Waals surface area (Å²) in [6.45, 7) is 1.71. The topological polar surface area (TPSA) is 41.1 Å². The Kier molecular flexibility index (Phi) is 4.34. The summed E-state index contributed by atoms with van der Waals surface area (Å²) in [6.07, 6.45) is 8.56. The average molecular weight is 180 g/mol. The van der Waals surface area contributed by atoms with E-state index in [1.807, 2.05) is 0 Å². The highest BCUT2D eigenvalue weighted by atomic mass is 16.1. The van der Waals surface area contributed by atoms with Crippen molar-refractivity contribution in [1.29, 1.82) is 0 Å². The van der Waals surface area contributed by atoms with Gasteiger partial charge in [-0.25, -0.2) is 0 Å². The molecule has 13 heavy (non-hydrogen) atoms. The Bertz CT molecular complexity index is 197. The van der Waals surface area contributed by atoms with Crippen LogP contribution in [0.1, 0.15) is 25.7 Å². The van der Waals surface area contributed by atoms with E-state index >= 15 is 0 Å². The molecular weight excluding hydrogens is 164 g/mol. The lowest BCUT2D eigenvalue weighted by Crippen LogP contribution is -2.45. The number of rotatable bonds is 4. The number of carbonyl (C=O) groups excluding carboxylic acids is 1. The Morgan fingerprint density at radius 2 is 2.54 bits per heavy atom. The number of hydrogen-bond donors (Lipinski definition) is 2. The van der Waals surface area contributed by atoms with Crippen LogP contribution < -0.4 is 10.6 Å². The molecule has 1 saturated heterocycles. The van der Waals surface area contributed by atoms with Crippen LogP contribution in [0.3, 0.4) is 0 Å². The minimum atomic E-state index is 0.168. The zero-order valence-electron chi connectivity index (χ0n) is 7.81. The highest BCUT2D eigenvalue weighted by Gasteiger charge is 2.16. The maximum Gasteiger partial charge on any atom is 0.220 e. The van der Waals surface area contributed by atoms with Gasteiger partial charge < -0.3 is 10.6 Å². The molecule has 1 aliphatic heterocycles. The van der Waals surface area contributed by atoms with E-state index in [1.165, 1.54) is 0 Å². The highest BCUT2D eigenvalue weighted by Crippen LogP contribution is 2.02. The third-order valence-corrected chi connectivity index (χ3v) is 2.20. The van der Waals surface area contributed by atoms with Gasteiger partial charge >= 0.3 is 0 Å². The van der Waals surface area contributed by atoms with E-state index in [-0.39, 0.29) is 5.91 Å². The van der Waals surface area contributed by atoms with E-state index < -0.39 is 0 Å².